The van der Waals surface area contributed by atoms with Crippen LogP contribution in [0.2, 0.25) is 0 Å². The van der Waals surface area contributed by atoms with E-state index in [4.69, 9.17) is 15.9 Å². The van der Waals surface area contributed by atoms with Crippen molar-refractivity contribution < 1.29 is 4.74 Å². The average molecular weight is 268 g/mol. The van der Waals surface area contributed by atoms with Crippen LogP contribution in [0.3, 0.4) is 0 Å². The zero-order valence-corrected chi connectivity index (χ0v) is 11.9. The molecule has 20 heavy (non-hydrogen) atoms. The molecule has 2 aromatic carbocycles. The molecule has 0 aliphatic carbocycles. The molecule has 0 saturated heterocycles. The van der Waals surface area contributed by atoms with Gasteiger partial charge >= 0.3 is 0 Å². The van der Waals surface area contributed by atoms with Gasteiger partial charge in [-0.1, -0.05) is 56.3 Å². The number of nitrogens with one attached hydrogen (secondary N) is 1. The summed E-state index contributed by atoms with van der Waals surface area (Å²) in [5.41, 5.74) is 8.45. The van der Waals surface area contributed by atoms with Crippen molar-refractivity contribution in [2.45, 2.75) is 26.4 Å². The van der Waals surface area contributed by atoms with Crippen molar-refractivity contribution in [2.75, 3.05) is 0 Å². The van der Waals surface area contributed by atoms with Crippen molar-refractivity contribution >= 4 is 5.84 Å². The summed E-state index contributed by atoms with van der Waals surface area (Å²) >= 11 is 0. The number of hydrogen-bond donors (Lipinski definition) is 2. The van der Waals surface area contributed by atoms with Gasteiger partial charge in [0.2, 0.25) is 0 Å². The van der Waals surface area contributed by atoms with E-state index in [9.17, 15) is 0 Å². The van der Waals surface area contributed by atoms with Crippen molar-refractivity contribution in [3.63, 3.8) is 0 Å². The lowest BCUT2D eigenvalue weighted by Crippen LogP contribution is -2.10. The second-order valence-electron chi connectivity index (χ2n) is 5.09. The molecule has 0 heterocycles. The number of rotatable bonds is 5. The van der Waals surface area contributed by atoms with Crippen molar-refractivity contribution in [1.29, 1.82) is 5.41 Å². The van der Waals surface area contributed by atoms with Crippen LogP contribution in [0.15, 0.2) is 48.5 Å². The zero-order valence-electron chi connectivity index (χ0n) is 11.9. The lowest BCUT2D eigenvalue weighted by atomic mass is 10.0. The molecule has 0 spiro atoms. The summed E-state index contributed by atoms with van der Waals surface area (Å²) < 4.78 is 5.90. The van der Waals surface area contributed by atoms with Crippen molar-refractivity contribution in [3.05, 3.63) is 65.2 Å². The molecule has 2 rings (SSSR count). The number of nitrogens with two attached hydrogens (primary N) is 1. The van der Waals surface area contributed by atoms with Crippen LogP contribution >= 0.6 is 0 Å². The molecular weight excluding hydrogens is 248 g/mol. The lowest BCUT2D eigenvalue weighted by molar-refractivity contribution is 0.302. The van der Waals surface area contributed by atoms with Crippen LogP contribution in [0.25, 0.3) is 0 Å². The van der Waals surface area contributed by atoms with Gasteiger partial charge in [0.05, 0.1) is 0 Å². The Hall–Kier alpha value is -2.29. The molecule has 3 nitrogen and oxygen atoms in total. The van der Waals surface area contributed by atoms with E-state index in [1.165, 1.54) is 5.56 Å². The first-order chi connectivity index (χ1) is 9.58. The molecule has 104 valence electrons. The van der Waals surface area contributed by atoms with E-state index >= 15 is 0 Å². The molecule has 0 atom stereocenters. The van der Waals surface area contributed by atoms with Gasteiger partial charge in [-0.2, -0.15) is 0 Å². The number of para-hydroxylation sites is 1. The summed E-state index contributed by atoms with van der Waals surface area (Å²) in [5.74, 6) is 1.45. The highest BCUT2D eigenvalue weighted by molar-refractivity contribution is 5.94. The van der Waals surface area contributed by atoms with Crippen LogP contribution < -0.4 is 10.5 Å². The molecule has 0 radical (unpaired) electrons. The fourth-order valence-electron chi connectivity index (χ4n) is 2.03. The van der Waals surface area contributed by atoms with Crippen LogP contribution in [0.5, 0.6) is 5.75 Å². The Morgan fingerprint density at radius 1 is 1.10 bits per heavy atom. The Morgan fingerprint density at radius 2 is 1.75 bits per heavy atom. The lowest BCUT2D eigenvalue weighted by Gasteiger charge is -2.14. The summed E-state index contributed by atoms with van der Waals surface area (Å²) in [6.07, 6.45) is 0. The minimum Gasteiger partial charge on any atom is -0.489 e. The molecule has 0 fully saturated rings. The van der Waals surface area contributed by atoms with E-state index < -0.39 is 0 Å². The van der Waals surface area contributed by atoms with Gasteiger partial charge in [-0.15, -0.1) is 0 Å². The van der Waals surface area contributed by atoms with Crippen LogP contribution in [0, 0.1) is 5.41 Å². The fourth-order valence-corrected chi connectivity index (χ4v) is 2.03. The van der Waals surface area contributed by atoms with Crippen molar-refractivity contribution in [3.8, 4) is 5.75 Å². The second-order valence-corrected chi connectivity index (χ2v) is 5.09. The molecule has 0 bridgehead atoms. The van der Waals surface area contributed by atoms with Gasteiger partial charge in [0.25, 0.3) is 0 Å². The first-order valence-electron chi connectivity index (χ1n) is 6.73. The quantitative estimate of drug-likeness (QED) is 0.642. The minimum absolute atomic E-state index is 0.0858. The van der Waals surface area contributed by atoms with E-state index in [0.29, 0.717) is 12.5 Å². The maximum absolute atomic E-state index is 7.36. The largest absolute Gasteiger partial charge is 0.489 e. The number of nitrogen functional groups attached to an aromatic ring is 1. The summed E-state index contributed by atoms with van der Waals surface area (Å²) in [7, 11) is 0. The third-order valence-corrected chi connectivity index (χ3v) is 3.20. The van der Waals surface area contributed by atoms with Gasteiger partial charge in [-0.05, 0) is 23.1 Å². The van der Waals surface area contributed by atoms with Gasteiger partial charge in [0, 0.05) is 5.56 Å². The summed E-state index contributed by atoms with van der Waals surface area (Å²) in [6, 6.07) is 15.7. The molecular formula is C17H20N2O. The predicted molar refractivity (Wildman–Crippen MR) is 82.3 cm³/mol. The monoisotopic (exact) mass is 268 g/mol. The highest BCUT2D eigenvalue weighted by Gasteiger charge is 2.07. The molecule has 2 aromatic rings. The smallest absolute Gasteiger partial charge is 0.123 e. The number of amidine groups is 1. The standard InChI is InChI=1S/C17H20N2O/c1-12(2)15-5-3-4-6-16(15)20-11-13-7-9-14(10-8-13)17(18)19/h3-10,12H,11H2,1-2H3,(H3,18,19). The van der Waals surface area contributed by atoms with E-state index in [1.807, 2.05) is 42.5 Å². The first kappa shape index (κ1) is 14.1. The molecule has 0 saturated carbocycles. The zero-order chi connectivity index (χ0) is 14.5. The number of ether oxygens (including phenoxy) is 1. The topological polar surface area (TPSA) is 59.1 Å². The van der Waals surface area contributed by atoms with Gasteiger partial charge in [0.1, 0.15) is 18.2 Å². The van der Waals surface area contributed by atoms with Crippen molar-refractivity contribution in [1.82, 2.24) is 0 Å². The third kappa shape index (κ3) is 3.38. The Kier molecular flexibility index (Phi) is 4.41. The van der Waals surface area contributed by atoms with Gasteiger partial charge < -0.3 is 10.5 Å². The molecule has 3 N–H and O–H groups in total. The van der Waals surface area contributed by atoms with Gasteiger partial charge in [0.15, 0.2) is 0 Å². The number of hydrogen-bond acceptors (Lipinski definition) is 2. The molecule has 0 aliphatic rings. The highest BCUT2D eigenvalue weighted by atomic mass is 16.5. The Labute approximate surface area is 119 Å². The van der Waals surface area contributed by atoms with Crippen molar-refractivity contribution in [2.24, 2.45) is 5.73 Å². The van der Waals surface area contributed by atoms with Crippen LogP contribution in [-0.2, 0) is 6.61 Å². The van der Waals surface area contributed by atoms with E-state index in [1.54, 1.807) is 0 Å². The fraction of sp³-hybridized carbons (Fsp3) is 0.235. The first-order valence-corrected chi connectivity index (χ1v) is 6.73. The van der Waals surface area contributed by atoms with E-state index in [2.05, 4.69) is 19.9 Å². The molecule has 0 unspecified atom stereocenters. The maximum Gasteiger partial charge on any atom is 0.123 e. The Balaban J connectivity index is 2.07. The molecule has 0 aliphatic heterocycles. The Bertz CT molecular complexity index is 588. The molecule has 3 heteroatoms. The summed E-state index contributed by atoms with van der Waals surface area (Å²) in [4.78, 5) is 0. The number of benzene rings is 2. The molecule has 0 amide bonds. The van der Waals surface area contributed by atoms with Gasteiger partial charge in [-0.3, -0.25) is 5.41 Å². The SMILES string of the molecule is CC(C)c1ccccc1OCc1ccc(C(=N)N)cc1. The predicted octanol–water partition coefficient (Wildman–Crippen LogP) is 3.67. The van der Waals surface area contributed by atoms with Crippen LogP contribution in [-0.4, -0.2) is 5.84 Å². The third-order valence-electron chi connectivity index (χ3n) is 3.20. The van der Waals surface area contributed by atoms with Gasteiger partial charge in [-0.25, -0.2) is 0 Å². The summed E-state index contributed by atoms with van der Waals surface area (Å²) in [6.45, 7) is 4.83. The maximum atomic E-state index is 7.36. The van der Waals surface area contributed by atoms with Crippen LogP contribution in [0.1, 0.15) is 36.5 Å². The molecule has 0 aromatic heterocycles. The normalized spacial score (nSPS) is 10.6. The summed E-state index contributed by atoms with van der Waals surface area (Å²) in [5, 5.41) is 7.36. The van der Waals surface area contributed by atoms with Crippen LogP contribution in [0.4, 0.5) is 0 Å². The van der Waals surface area contributed by atoms with E-state index in [-0.39, 0.29) is 5.84 Å². The van der Waals surface area contributed by atoms with E-state index in [0.717, 1.165) is 16.9 Å². The Morgan fingerprint density at radius 3 is 2.35 bits per heavy atom. The highest BCUT2D eigenvalue weighted by Crippen LogP contribution is 2.26. The average Bonchev–Trinajstić information content (AvgIpc) is 2.45. The second kappa shape index (κ2) is 6.24. The minimum atomic E-state index is 0.0858.